The minimum Gasteiger partial charge on any atom is -0.281 e. The summed E-state index contributed by atoms with van der Waals surface area (Å²) in [7, 11) is -6.50. The van der Waals surface area contributed by atoms with Crippen LogP contribution in [-0.2, 0) is 19.9 Å². The second-order valence-corrected chi connectivity index (χ2v) is 9.15. The lowest BCUT2D eigenvalue weighted by Gasteiger charge is -2.09. The molecule has 2 N–H and O–H groups in total. The fourth-order valence-electron chi connectivity index (χ4n) is 2.51. The van der Waals surface area contributed by atoms with Crippen molar-refractivity contribution in [3.63, 3.8) is 0 Å². The van der Waals surface area contributed by atoms with Crippen LogP contribution in [0.15, 0.2) is 4.90 Å². The number of nitrogens with one attached hydrogen (secondary N) is 2. The van der Waals surface area contributed by atoms with Crippen molar-refractivity contribution in [2.24, 2.45) is 5.92 Å². The highest BCUT2D eigenvalue weighted by atomic mass is 32.2. The van der Waals surface area contributed by atoms with Crippen molar-refractivity contribution in [3.8, 4) is 0 Å². The van der Waals surface area contributed by atoms with Crippen molar-refractivity contribution in [1.29, 1.82) is 0 Å². The lowest BCUT2D eigenvalue weighted by molar-refractivity contribution is 0.527. The third kappa shape index (κ3) is 3.39. The highest BCUT2D eigenvalue weighted by molar-refractivity contribution is 7.91. The van der Waals surface area contributed by atoms with E-state index in [0.717, 1.165) is 0 Å². The van der Waals surface area contributed by atoms with E-state index >= 15 is 0 Å². The number of hydrogen-bond acceptors (Lipinski definition) is 5. The number of nitrogens with zero attached hydrogens (tertiary/aromatic N) is 1. The molecule has 0 spiro atoms. The van der Waals surface area contributed by atoms with Gasteiger partial charge < -0.3 is 0 Å². The Bertz CT molecular complexity index is 672. The number of sulfonamides is 1. The maximum atomic E-state index is 12.1. The van der Waals surface area contributed by atoms with Crippen molar-refractivity contribution in [2.75, 3.05) is 18.1 Å². The third-order valence-electron chi connectivity index (χ3n) is 3.50. The van der Waals surface area contributed by atoms with Gasteiger partial charge in [0.25, 0.3) is 0 Å². The normalized spacial score (nSPS) is 22.2. The number of rotatable bonds is 5. The molecule has 1 atom stereocenters. The van der Waals surface area contributed by atoms with Crippen LogP contribution in [0.4, 0.5) is 0 Å². The van der Waals surface area contributed by atoms with Gasteiger partial charge in [0.15, 0.2) is 9.84 Å². The van der Waals surface area contributed by atoms with Crippen LogP contribution in [0.1, 0.15) is 24.2 Å². The van der Waals surface area contributed by atoms with Gasteiger partial charge in [0.1, 0.15) is 4.90 Å². The van der Waals surface area contributed by atoms with Gasteiger partial charge in [0, 0.05) is 6.54 Å². The summed E-state index contributed by atoms with van der Waals surface area (Å²) < 4.78 is 49.5. The van der Waals surface area contributed by atoms with Crippen LogP contribution >= 0.6 is 0 Å². The Balaban J connectivity index is 1.94. The van der Waals surface area contributed by atoms with Gasteiger partial charge in [-0.1, -0.05) is 0 Å². The maximum absolute atomic E-state index is 12.1. The van der Waals surface area contributed by atoms with E-state index in [4.69, 9.17) is 0 Å². The lowest BCUT2D eigenvalue weighted by Crippen LogP contribution is -2.27. The minimum atomic E-state index is -3.59. The smallest absolute Gasteiger partial charge is 0.244 e. The fourth-order valence-corrected chi connectivity index (χ4v) is 5.83. The molecular weight excluding hydrogens is 302 g/mol. The van der Waals surface area contributed by atoms with Crippen LogP contribution < -0.4 is 4.72 Å². The van der Waals surface area contributed by atoms with Gasteiger partial charge in [0.05, 0.1) is 22.9 Å². The molecule has 1 aromatic rings. The summed E-state index contributed by atoms with van der Waals surface area (Å²) in [6, 6.07) is 0. The van der Waals surface area contributed by atoms with Crippen molar-refractivity contribution in [1.82, 2.24) is 14.9 Å². The predicted molar refractivity (Wildman–Crippen MR) is 74.6 cm³/mol. The van der Waals surface area contributed by atoms with Crippen molar-refractivity contribution < 1.29 is 16.8 Å². The quantitative estimate of drug-likeness (QED) is 0.801. The van der Waals surface area contributed by atoms with Gasteiger partial charge in [-0.2, -0.15) is 5.10 Å². The van der Waals surface area contributed by atoms with Gasteiger partial charge in [-0.3, -0.25) is 5.10 Å². The predicted octanol–water partition coefficient (Wildman–Crippen LogP) is 0.130. The molecule has 2 rings (SSSR count). The van der Waals surface area contributed by atoms with Crippen LogP contribution in [0.2, 0.25) is 0 Å². The van der Waals surface area contributed by atoms with E-state index in [1.165, 1.54) is 0 Å². The van der Waals surface area contributed by atoms with E-state index in [1.807, 2.05) is 0 Å². The van der Waals surface area contributed by atoms with Gasteiger partial charge >= 0.3 is 0 Å². The fraction of sp³-hybridized carbons (Fsp3) is 0.727. The standard InChI is InChI=1S/C11H19N3O4S2/c1-8-11(9(2)14-13-8)20(17,18)12-5-3-10-4-6-19(15,16)7-10/h10,12H,3-7H2,1-2H3,(H,13,14). The van der Waals surface area contributed by atoms with E-state index < -0.39 is 19.9 Å². The van der Waals surface area contributed by atoms with Crippen LogP contribution in [-0.4, -0.2) is 45.1 Å². The highest BCUT2D eigenvalue weighted by Gasteiger charge is 2.28. The van der Waals surface area contributed by atoms with Crippen LogP contribution in [0.5, 0.6) is 0 Å². The van der Waals surface area contributed by atoms with E-state index in [-0.39, 0.29) is 28.9 Å². The summed E-state index contributed by atoms with van der Waals surface area (Å²) in [4.78, 5) is 0.177. The number of sulfone groups is 1. The largest absolute Gasteiger partial charge is 0.281 e. The second-order valence-electron chi connectivity index (χ2n) is 5.22. The first-order chi connectivity index (χ1) is 9.21. The molecule has 0 amide bonds. The number of aromatic nitrogens is 2. The topological polar surface area (TPSA) is 109 Å². The number of H-pyrrole nitrogens is 1. The molecule has 0 bridgehead atoms. The molecule has 0 radical (unpaired) electrons. The highest BCUT2D eigenvalue weighted by Crippen LogP contribution is 2.21. The number of aromatic amines is 1. The molecule has 0 saturated carbocycles. The number of hydrogen-bond donors (Lipinski definition) is 2. The van der Waals surface area contributed by atoms with Crippen molar-refractivity contribution >= 4 is 19.9 Å². The summed E-state index contributed by atoms with van der Waals surface area (Å²) in [5, 5.41) is 6.50. The maximum Gasteiger partial charge on any atom is 0.244 e. The summed E-state index contributed by atoms with van der Waals surface area (Å²) in [5.74, 6) is 0.428. The minimum absolute atomic E-state index is 0.0502. The first-order valence-corrected chi connectivity index (χ1v) is 9.73. The molecule has 0 aliphatic carbocycles. The van der Waals surface area contributed by atoms with Crippen molar-refractivity contribution in [2.45, 2.75) is 31.6 Å². The van der Waals surface area contributed by atoms with Crippen LogP contribution in [0.25, 0.3) is 0 Å². The summed E-state index contributed by atoms with van der Waals surface area (Å²) in [6.07, 6.45) is 1.15. The molecule has 0 aromatic carbocycles. The Kier molecular flexibility index (Phi) is 4.22. The molecule has 1 unspecified atom stereocenters. The Morgan fingerprint density at radius 3 is 2.60 bits per heavy atom. The molecule has 114 valence electrons. The van der Waals surface area contributed by atoms with Gasteiger partial charge in [0.2, 0.25) is 10.0 Å². The average molecular weight is 321 g/mol. The summed E-state index contributed by atoms with van der Waals surface area (Å²) in [5.41, 5.74) is 0.928. The van der Waals surface area contributed by atoms with E-state index in [0.29, 0.717) is 24.2 Å². The van der Waals surface area contributed by atoms with Gasteiger partial charge in [-0.05, 0) is 32.6 Å². The molecular formula is C11H19N3O4S2. The molecule has 20 heavy (non-hydrogen) atoms. The zero-order valence-corrected chi connectivity index (χ0v) is 13.1. The zero-order chi connectivity index (χ0) is 15.0. The van der Waals surface area contributed by atoms with Crippen LogP contribution in [0.3, 0.4) is 0 Å². The van der Waals surface area contributed by atoms with Gasteiger partial charge in [-0.15, -0.1) is 0 Å². The monoisotopic (exact) mass is 321 g/mol. The van der Waals surface area contributed by atoms with E-state index in [9.17, 15) is 16.8 Å². The third-order valence-corrected chi connectivity index (χ3v) is 7.06. The molecule has 1 fully saturated rings. The molecule has 1 aliphatic rings. The average Bonchev–Trinajstić information content (AvgIpc) is 2.82. The first-order valence-electron chi connectivity index (χ1n) is 6.43. The zero-order valence-electron chi connectivity index (χ0n) is 11.5. The second kappa shape index (κ2) is 5.45. The molecule has 1 aliphatic heterocycles. The van der Waals surface area contributed by atoms with E-state index in [2.05, 4.69) is 14.9 Å². The molecule has 2 heterocycles. The lowest BCUT2D eigenvalue weighted by atomic mass is 10.1. The summed E-state index contributed by atoms with van der Waals surface area (Å²) in [6.45, 7) is 3.52. The van der Waals surface area contributed by atoms with Crippen molar-refractivity contribution in [3.05, 3.63) is 11.4 Å². The summed E-state index contributed by atoms with van der Waals surface area (Å²) >= 11 is 0. The molecule has 9 heteroatoms. The Hall–Kier alpha value is -0.930. The number of aryl methyl sites for hydroxylation is 2. The Labute approximate surface area is 119 Å². The Morgan fingerprint density at radius 1 is 1.40 bits per heavy atom. The first kappa shape index (κ1) is 15.5. The van der Waals surface area contributed by atoms with E-state index in [1.54, 1.807) is 13.8 Å². The molecule has 1 saturated heterocycles. The molecule has 1 aromatic heterocycles. The van der Waals surface area contributed by atoms with Crippen LogP contribution in [0, 0.1) is 19.8 Å². The van der Waals surface area contributed by atoms with Gasteiger partial charge in [-0.25, -0.2) is 21.6 Å². The molecule has 7 nitrogen and oxygen atoms in total. The SMILES string of the molecule is Cc1n[nH]c(C)c1S(=O)(=O)NCCC1CCS(=O)(=O)C1. The Morgan fingerprint density at radius 2 is 2.10 bits per heavy atom.